The molecular weight excluding hydrogens is 269 g/mol. The van der Waals surface area contributed by atoms with Gasteiger partial charge in [-0.25, -0.2) is 9.37 Å². The summed E-state index contributed by atoms with van der Waals surface area (Å²) in [5.74, 6) is -0.178. The monoisotopic (exact) mass is 287 g/mol. The van der Waals surface area contributed by atoms with Crippen molar-refractivity contribution in [2.24, 2.45) is 0 Å². The van der Waals surface area contributed by atoms with E-state index in [0.29, 0.717) is 17.9 Å². The van der Waals surface area contributed by atoms with Crippen LogP contribution in [0.15, 0.2) is 30.3 Å². The molecule has 0 saturated heterocycles. The minimum atomic E-state index is -0.452. The normalized spacial score (nSPS) is 10.3. The summed E-state index contributed by atoms with van der Waals surface area (Å²) in [6, 6.07) is 7.92. The average Bonchev–Trinajstić information content (AvgIpc) is 2.42. The predicted octanol–water partition coefficient (Wildman–Crippen LogP) is 3.52. The van der Waals surface area contributed by atoms with Crippen LogP contribution in [-0.2, 0) is 0 Å². The van der Waals surface area contributed by atoms with Crippen LogP contribution in [0.1, 0.15) is 28.5 Å². The predicted molar refractivity (Wildman–Crippen MR) is 82.2 cm³/mol. The molecule has 0 aliphatic rings. The molecule has 2 rings (SSSR count). The second-order valence-electron chi connectivity index (χ2n) is 4.85. The highest BCUT2D eigenvalue weighted by Crippen LogP contribution is 2.18. The van der Waals surface area contributed by atoms with Crippen LogP contribution in [0.3, 0.4) is 0 Å². The molecule has 1 amide bonds. The molecule has 0 saturated carbocycles. The number of benzene rings is 1. The van der Waals surface area contributed by atoms with Gasteiger partial charge in [0.2, 0.25) is 0 Å². The van der Waals surface area contributed by atoms with E-state index in [9.17, 15) is 9.18 Å². The van der Waals surface area contributed by atoms with Gasteiger partial charge in [0.05, 0.1) is 5.69 Å². The molecule has 0 unspecified atom stereocenters. The molecule has 0 aliphatic heterocycles. The van der Waals surface area contributed by atoms with Crippen molar-refractivity contribution in [2.45, 2.75) is 20.8 Å². The smallest absolute Gasteiger partial charge is 0.255 e. The summed E-state index contributed by atoms with van der Waals surface area (Å²) in [6.45, 7) is 6.32. The van der Waals surface area contributed by atoms with Crippen LogP contribution < -0.4 is 10.6 Å². The first kappa shape index (κ1) is 15.0. The lowest BCUT2D eigenvalue weighted by molar-refractivity contribution is 0.102. The summed E-state index contributed by atoms with van der Waals surface area (Å²) >= 11 is 0. The number of amides is 1. The topological polar surface area (TPSA) is 54.0 Å². The van der Waals surface area contributed by atoms with Crippen LogP contribution in [0, 0.1) is 19.7 Å². The van der Waals surface area contributed by atoms with Crippen molar-refractivity contribution in [2.75, 3.05) is 17.2 Å². The van der Waals surface area contributed by atoms with Crippen LogP contribution in [0.4, 0.5) is 15.9 Å². The molecule has 21 heavy (non-hydrogen) atoms. The van der Waals surface area contributed by atoms with Crippen molar-refractivity contribution in [3.8, 4) is 0 Å². The minimum Gasteiger partial charge on any atom is -0.370 e. The van der Waals surface area contributed by atoms with Gasteiger partial charge < -0.3 is 10.6 Å². The van der Waals surface area contributed by atoms with Crippen molar-refractivity contribution < 1.29 is 9.18 Å². The molecule has 1 heterocycles. The second-order valence-corrected chi connectivity index (χ2v) is 4.85. The van der Waals surface area contributed by atoms with Crippen molar-refractivity contribution in [3.63, 3.8) is 0 Å². The molecule has 5 heteroatoms. The molecule has 2 aromatic rings. The van der Waals surface area contributed by atoms with E-state index in [0.717, 1.165) is 11.3 Å². The van der Waals surface area contributed by atoms with Crippen LogP contribution in [0.2, 0.25) is 0 Å². The van der Waals surface area contributed by atoms with Gasteiger partial charge in [0.25, 0.3) is 5.91 Å². The number of hydrogen-bond donors (Lipinski definition) is 2. The van der Waals surface area contributed by atoms with Crippen LogP contribution in [-0.4, -0.2) is 17.4 Å². The lowest BCUT2D eigenvalue weighted by Crippen LogP contribution is -2.14. The Morgan fingerprint density at radius 3 is 2.71 bits per heavy atom. The lowest BCUT2D eigenvalue weighted by atomic mass is 10.2. The van der Waals surface area contributed by atoms with Crippen molar-refractivity contribution >= 4 is 17.4 Å². The Kier molecular flexibility index (Phi) is 4.52. The maximum Gasteiger partial charge on any atom is 0.255 e. The van der Waals surface area contributed by atoms with Crippen molar-refractivity contribution in [1.29, 1.82) is 0 Å². The van der Waals surface area contributed by atoms with Gasteiger partial charge in [0.1, 0.15) is 11.6 Å². The first-order chi connectivity index (χ1) is 9.99. The molecule has 0 atom stereocenters. The first-order valence-electron chi connectivity index (χ1n) is 6.79. The molecule has 0 fully saturated rings. The Morgan fingerprint density at radius 1 is 1.24 bits per heavy atom. The summed E-state index contributed by atoms with van der Waals surface area (Å²) in [4.78, 5) is 16.5. The van der Waals surface area contributed by atoms with Crippen LogP contribution >= 0.6 is 0 Å². The van der Waals surface area contributed by atoms with E-state index in [1.165, 1.54) is 6.07 Å². The minimum absolute atomic E-state index is 0.180. The summed E-state index contributed by atoms with van der Waals surface area (Å²) in [7, 11) is 0. The Hall–Kier alpha value is -2.43. The highest BCUT2D eigenvalue weighted by atomic mass is 19.1. The zero-order valence-corrected chi connectivity index (χ0v) is 12.3. The Labute approximate surface area is 123 Å². The number of aromatic nitrogens is 1. The largest absolute Gasteiger partial charge is 0.370 e. The number of aryl methyl sites for hydroxylation is 2. The lowest BCUT2D eigenvalue weighted by Gasteiger charge is -2.10. The molecule has 0 spiro atoms. The maximum absolute atomic E-state index is 13.7. The molecule has 1 aromatic carbocycles. The fraction of sp³-hybridized carbons (Fsp3) is 0.250. The van der Waals surface area contributed by atoms with Crippen molar-refractivity contribution in [3.05, 3.63) is 53.0 Å². The van der Waals surface area contributed by atoms with E-state index in [4.69, 9.17) is 0 Å². The summed E-state index contributed by atoms with van der Waals surface area (Å²) in [5.41, 5.74) is 2.23. The first-order valence-corrected chi connectivity index (χ1v) is 6.79. The summed E-state index contributed by atoms with van der Waals surface area (Å²) < 4.78 is 13.7. The molecule has 4 nitrogen and oxygen atoms in total. The average molecular weight is 287 g/mol. The second kappa shape index (κ2) is 6.35. The third kappa shape index (κ3) is 3.78. The third-order valence-corrected chi connectivity index (χ3v) is 2.94. The van der Waals surface area contributed by atoms with Gasteiger partial charge in [-0.3, -0.25) is 4.79 Å². The molecule has 2 N–H and O–H groups in total. The number of pyridine rings is 1. The standard InChI is InChI=1S/C16H18FN3O/c1-4-18-15-9-12(8-11(3)19-15)16(21)20-14-7-10(2)5-6-13(14)17/h5-9H,4H2,1-3H3,(H,18,19)(H,20,21). The van der Waals surface area contributed by atoms with E-state index in [1.54, 1.807) is 24.3 Å². The highest BCUT2D eigenvalue weighted by molar-refractivity contribution is 6.04. The van der Waals surface area contributed by atoms with Gasteiger partial charge in [-0.15, -0.1) is 0 Å². The maximum atomic E-state index is 13.7. The van der Waals surface area contributed by atoms with Gasteiger partial charge in [0, 0.05) is 17.8 Å². The van der Waals surface area contributed by atoms with Gasteiger partial charge in [-0.2, -0.15) is 0 Å². The SMILES string of the molecule is CCNc1cc(C(=O)Nc2cc(C)ccc2F)cc(C)n1. The van der Waals surface area contributed by atoms with E-state index >= 15 is 0 Å². The number of rotatable bonds is 4. The van der Waals surface area contributed by atoms with Gasteiger partial charge in [0.15, 0.2) is 0 Å². The molecule has 0 bridgehead atoms. The summed E-state index contributed by atoms with van der Waals surface area (Å²) in [6.07, 6.45) is 0. The number of carbonyl (C=O) groups is 1. The molecule has 0 aliphatic carbocycles. The summed E-state index contributed by atoms with van der Waals surface area (Å²) in [5, 5.41) is 5.66. The molecule has 0 radical (unpaired) electrons. The Bertz CT molecular complexity index is 671. The van der Waals surface area contributed by atoms with Gasteiger partial charge in [-0.05, 0) is 50.6 Å². The Morgan fingerprint density at radius 2 is 2.00 bits per heavy atom. The molecular formula is C16H18FN3O. The van der Waals surface area contributed by atoms with Crippen LogP contribution in [0.5, 0.6) is 0 Å². The van der Waals surface area contributed by atoms with Gasteiger partial charge in [-0.1, -0.05) is 6.07 Å². The fourth-order valence-electron chi connectivity index (χ4n) is 2.00. The van der Waals surface area contributed by atoms with E-state index in [1.807, 2.05) is 20.8 Å². The fourth-order valence-corrected chi connectivity index (χ4v) is 2.00. The number of nitrogens with zero attached hydrogens (tertiary/aromatic N) is 1. The van der Waals surface area contributed by atoms with Crippen molar-refractivity contribution in [1.82, 2.24) is 4.98 Å². The number of carbonyl (C=O) groups excluding carboxylic acids is 1. The molecule has 110 valence electrons. The van der Waals surface area contributed by atoms with E-state index < -0.39 is 5.82 Å². The van der Waals surface area contributed by atoms with Crippen LogP contribution in [0.25, 0.3) is 0 Å². The Balaban J connectivity index is 2.25. The number of halogens is 1. The number of anilines is 2. The third-order valence-electron chi connectivity index (χ3n) is 2.94. The number of hydrogen-bond acceptors (Lipinski definition) is 3. The zero-order valence-electron chi connectivity index (χ0n) is 12.3. The quantitative estimate of drug-likeness (QED) is 0.904. The number of nitrogens with one attached hydrogen (secondary N) is 2. The van der Waals surface area contributed by atoms with Gasteiger partial charge >= 0.3 is 0 Å². The molecule has 1 aromatic heterocycles. The van der Waals surface area contributed by atoms with E-state index in [2.05, 4.69) is 15.6 Å². The highest BCUT2D eigenvalue weighted by Gasteiger charge is 2.11. The van der Waals surface area contributed by atoms with E-state index in [-0.39, 0.29) is 11.6 Å². The zero-order chi connectivity index (χ0) is 15.4.